The predicted molar refractivity (Wildman–Crippen MR) is 58.2 cm³/mol. The largest absolute Gasteiger partial charge is 1.00 e. The maximum absolute atomic E-state index is 12.4. The number of piperidine rings is 1. The second-order valence-electron chi connectivity index (χ2n) is 4.13. The molecule has 4 nitrogen and oxygen atoms in total. The Kier molecular flexibility index (Phi) is 6.07. The third kappa shape index (κ3) is 4.17. The van der Waals surface area contributed by atoms with Crippen molar-refractivity contribution in [1.82, 2.24) is 9.97 Å². The fraction of sp³-hybridized carbons (Fsp3) is 0.556. The van der Waals surface area contributed by atoms with Crippen LogP contribution in [0.25, 0.3) is 0 Å². The van der Waals surface area contributed by atoms with Crippen LogP contribution in [0.15, 0.2) is 12.4 Å². The second-order valence-corrected chi connectivity index (χ2v) is 4.13. The summed E-state index contributed by atoms with van der Waals surface area (Å²) in [5.41, 5.74) is -0.800. The molecule has 1 atom stereocenters. The number of rotatable bonds is 2. The summed E-state index contributed by atoms with van der Waals surface area (Å²) in [6.07, 6.45) is 2.63. The van der Waals surface area contributed by atoms with E-state index in [0.29, 0.717) is 19.5 Å². The van der Waals surface area contributed by atoms with Crippen LogP contribution in [0.5, 0.6) is 0 Å². The maximum Gasteiger partial charge on any atom is 1.00 e. The molecule has 2 heterocycles. The summed E-state index contributed by atoms with van der Waals surface area (Å²) in [5, 5.41) is 9.45. The van der Waals surface area contributed by atoms with E-state index in [9.17, 15) is 18.1 Å². The SMILES string of the molecule is OC1CCCN(c2ncc([B-](F)(F)F)cn2)C1.[K+]. The first-order chi connectivity index (χ1) is 7.97. The van der Waals surface area contributed by atoms with Crippen LogP contribution in [-0.4, -0.2) is 41.2 Å². The first kappa shape index (κ1) is 16.4. The third-order valence-electron chi connectivity index (χ3n) is 2.72. The zero-order chi connectivity index (χ0) is 12.5. The van der Waals surface area contributed by atoms with Crippen molar-refractivity contribution in [2.24, 2.45) is 0 Å². The molecule has 0 bridgehead atoms. The molecule has 0 aromatic carbocycles. The van der Waals surface area contributed by atoms with E-state index >= 15 is 0 Å². The van der Waals surface area contributed by atoms with E-state index in [1.165, 1.54) is 0 Å². The minimum atomic E-state index is -5.04. The van der Waals surface area contributed by atoms with Crippen molar-refractivity contribution >= 4 is 18.4 Å². The number of anilines is 1. The molecule has 0 aliphatic carbocycles. The summed E-state index contributed by atoms with van der Waals surface area (Å²) in [6, 6.07) is 0. The molecule has 1 aliphatic heterocycles. The average Bonchev–Trinajstić information content (AvgIpc) is 2.28. The molecule has 2 rings (SSSR count). The van der Waals surface area contributed by atoms with Crippen LogP contribution in [0.3, 0.4) is 0 Å². The summed E-state index contributed by atoms with van der Waals surface area (Å²) in [7, 11) is 0. The summed E-state index contributed by atoms with van der Waals surface area (Å²) in [5.74, 6) is 0.243. The normalized spacial score (nSPS) is 20.4. The fourth-order valence-electron chi connectivity index (χ4n) is 1.80. The molecule has 1 saturated heterocycles. The Hall–Kier alpha value is 0.331. The van der Waals surface area contributed by atoms with Crippen LogP contribution in [0.1, 0.15) is 12.8 Å². The van der Waals surface area contributed by atoms with Crippen molar-refractivity contribution in [3.8, 4) is 0 Å². The number of hydrogen-bond donors (Lipinski definition) is 1. The molecule has 94 valence electrons. The predicted octanol–water partition coefficient (Wildman–Crippen LogP) is -2.50. The molecule has 1 aliphatic rings. The molecular formula is C9H12BF3KN3O. The zero-order valence-electron chi connectivity index (χ0n) is 10.1. The van der Waals surface area contributed by atoms with Crippen molar-refractivity contribution in [1.29, 1.82) is 0 Å². The molecule has 1 aromatic rings. The first-order valence-electron chi connectivity index (χ1n) is 5.42. The van der Waals surface area contributed by atoms with E-state index in [1.54, 1.807) is 4.90 Å². The van der Waals surface area contributed by atoms with Gasteiger partial charge in [-0.05, 0) is 12.8 Å². The molecule has 0 spiro atoms. The van der Waals surface area contributed by atoms with Crippen LogP contribution in [0.2, 0.25) is 0 Å². The van der Waals surface area contributed by atoms with Gasteiger partial charge in [-0.1, -0.05) is 5.46 Å². The Morgan fingerprint density at radius 3 is 2.39 bits per heavy atom. The summed E-state index contributed by atoms with van der Waals surface area (Å²) in [6.45, 7) is -4.01. The smallest absolute Gasteiger partial charge is 0.445 e. The van der Waals surface area contributed by atoms with E-state index < -0.39 is 18.5 Å². The minimum absolute atomic E-state index is 0. The van der Waals surface area contributed by atoms with E-state index in [0.717, 1.165) is 18.8 Å². The quantitative estimate of drug-likeness (QED) is 0.610. The minimum Gasteiger partial charge on any atom is -0.445 e. The zero-order valence-corrected chi connectivity index (χ0v) is 13.2. The van der Waals surface area contributed by atoms with Gasteiger partial charge in [0.2, 0.25) is 5.95 Å². The summed E-state index contributed by atoms with van der Waals surface area (Å²) >= 11 is 0. The molecule has 9 heteroatoms. The van der Waals surface area contributed by atoms with Gasteiger partial charge in [0.1, 0.15) is 0 Å². The van der Waals surface area contributed by atoms with Gasteiger partial charge < -0.3 is 23.0 Å². The van der Waals surface area contributed by atoms with Gasteiger partial charge in [-0.3, -0.25) is 0 Å². The van der Waals surface area contributed by atoms with Crippen molar-refractivity contribution in [3.05, 3.63) is 12.4 Å². The van der Waals surface area contributed by atoms with Crippen molar-refractivity contribution in [3.63, 3.8) is 0 Å². The van der Waals surface area contributed by atoms with Gasteiger partial charge in [0.25, 0.3) is 0 Å². The first-order valence-corrected chi connectivity index (χ1v) is 5.42. The Bertz CT molecular complexity index is 390. The second kappa shape index (κ2) is 6.67. The molecule has 0 saturated carbocycles. The van der Waals surface area contributed by atoms with Gasteiger partial charge in [-0.25, -0.2) is 9.97 Å². The van der Waals surface area contributed by atoms with Gasteiger partial charge >= 0.3 is 58.4 Å². The number of hydrogen-bond acceptors (Lipinski definition) is 4. The molecule has 0 radical (unpaired) electrons. The van der Waals surface area contributed by atoms with Crippen LogP contribution in [-0.2, 0) is 0 Å². The average molecular weight is 285 g/mol. The number of halogens is 3. The molecule has 1 unspecified atom stereocenters. The van der Waals surface area contributed by atoms with E-state index in [2.05, 4.69) is 9.97 Å². The number of β-amino-alcohol motifs (C(OH)–C–C–N with tert-alkyl or cyclic N) is 1. The summed E-state index contributed by atoms with van der Waals surface area (Å²) < 4.78 is 37.1. The molecule has 1 N–H and O–H groups in total. The standard InChI is InChI=1S/C9H12BF3N3O.K/c11-10(12,13)7-4-14-9(15-5-7)16-3-1-2-8(17)6-16;/h4-5,8,17H,1-3,6H2;/q-1;+1. The number of aliphatic hydroxyl groups excluding tert-OH is 1. The van der Waals surface area contributed by atoms with Crippen LogP contribution < -0.4 is 61.7 Å². The van der Waals surface area contributed by atoms with Crippen molar-refractivity contribution in [2.45, 2.75) is 18.9 Å². The number of nitrogens with zero attached hydrogens (tertiary/aromatic N) is 3. The third-order valence-corrected chi connectivity index (χ3v) is 2.72. The van der Waals surface area contributed by atoms with Gasteiger partial charge in [0, 0.05) is 25.5 Å². The maximum atomic E-state index is 12.4. The topological polar surface area (TPSA) is 49.2 Å². The fourth-order valence-corrected chi connectivity index (χ4v) is 1.80. The van der Waals surface area contributed by atoms with Gasteiger partial charge in [0.05, 0.1) is 6.10 Å². The van der Waals surface area contributed by atoms with Crippen LogP contribution in [0.4, 0.5) is 18.9 Å². The Balaban J connectivity index is 0.00000162. The summed E-state index contributed by atoms with van der Waals surface area (Å²) in [4.78, 5) is 9.10. The Morgan fingerprint density at radius 2 is 1.89 bits per heavy atom. The van der Waals surface area contributed by atoms with E-state index in [-0.39, 0.29) is 57.3 Å². The molecule has 1 aromatic heterocycles. The molecule has 18 heavy (non-hydrogen) atoms. The Labute approximate surface area is 145 Å². The van der Waals surface area contributed by atoms with Gasteiger partial charge in [0.15, 0.2) is 0 Å². The van der Waals surface area contributed by atoms with E-state index in [1.807, 2.05) is 0 Å². The van der Waals surface area contributed by atoms with Gasteiger partial charge in [-0.15, -0.1) is 0 Å². The van der Waals surface area contributed by atoms with Crippen LogP contribution >= 0.6 is 0 Å². The molecule has 1 fully saturated rings. The monoisotopic (exact) mass is 285 g/mol. The number of aromatic nitrogens is 2. The molecule has 0 amide bonds. The van der Waals surface area contributed by atoms with Gasteiger partial charge in [-0.2, -0.15) is 0 Å². The Morgan fingerprint density at radius 1 is 1.28 bits per heavy atom. The van der Waals surface area contributed by atoms with E-state index in [4.69, 9.17) is 0 Å². The van der Waals surface area contributed by atoms with Crippen molar-refractivity contribution in [2.75, 3.05) is 18.0 Å². The van der Waals surface area contributed by atoms with Crippen LogP contribution in [0, 0.1) is 0 Å². The molecular weight excluding hydrogens is 273 g/mol. The van der Waals surface area contributed by atoms with Crippen molar-refractivity contribution < 1.29 is 69.4 Å². The number of aliphatic hydroxyl groups is 1.